The molecule has 3 aromatic rings. The second-order valence-electron chi connectivity index (χ2n) is 6.98. The number of amides is 2. The van der Waals surface area contributed by atoms with Gasteiger partial charge in [-0.1, -0.05) is 60.7 Å². The van der Waals surface area contributed by atoms with Crippen molar-refractivity contribution < 1.29 is 19.1 Å². The third-order valence-electron chi connectivity index (χ3n) is 4.69. The summed E-state index contributed by atoms with van der Waals surface area (Å²) in [4.78, 5) is 25.4. The standard InChI is InChI=1S/C27H25N3O4/c1-33-23-17-16-22(25(18-23)34-2)19-28-30-27(32)24(15-9-12-20-10-5-3-6-11-20)29-26(31)21-13-7-4-8-14-21/h3-19H,1-2H3,(H,29,31)(H,30,32)/b12-9+,24-15-,28-19+. The summed E-state index contributed by atoms with van der Waals surface area (Å²) in [7, 11) is 3.09. The Labute approximate surface area is 198 Å². The lowest BCUT2D eigenvalue weighted by Gasteiger charge is -2.09. The Hall–Kier alpha value is -4.65. The van der Waals surface area contributed by atoms with E-state index in [4.69, 9.17) is 9.47 Å². The molecule has 2 amide bonds. The monoisotopic (exact) mass is 455 g/mol. The second-order valence-corrected chi connectivity index (χ2v) is 6.98. The van der Waals surface area contributed by atoms with E-state index in [1.54, 1.807) is 55.7 Å². The van der Waals surface area contributed by atoms with Crippen molar-refractivity contribution in [3.05, 3.63) is 113 Å². The molecule has 0 fully saturated rings. The average Bonchev–Trinajstić information content (AvgIpc) is 2.89. The Kier molecular flexibility index (Phi) is 8.76. The highest BCUT2D eigenvalue weighted by atomic mass is 16.5. The van der Waals surface area contributed by atoms with Gasteiger partial charge in [-0.25, -0.2) is 5.43 Å². The van der Waals surface area contributed by atoms with Gasteiger partial charge in [-0.2, -0.15) is 5.10 Å². The molecule has 3 aromatic carbocycles. The fourth-order valence-electron chi connectivity index (χ4n) is 2.92. The van der Waals surface area contributed by atoms with Crippen molar-refractivity contribution in [1.82, 2.24) is 10.7 Å². The average molecular weight is 456 g/mol. The summed E-state index contributed by atoms with van der Waals surface area (Å²) in [6, 6.07) is 23.5. The van der Waals surface area contributed by atoms with E-state index in [0.717, 1.165) is 5.56 Å². The largest absolute Gasteiger partial charge is 0.497 e. The normalized spacial score (nSPS) is 11.4. The van der Waals surface area contributed by atoms with E-state index in [1.165, 1.54) is 19.4 Å². The number of rotatable bonds is 9. The predicted octanol–water partition coefficient (Wildman–Crippen LogP) is 4.18. The number of carbonyl (C=O) groups excluding carboxylic acids is 2. The first kappa shape index (κ1) is 24.0. The van der Waals surface area contributed by atoms with Crippen LogP contribution in [0.2, 0.25) is 0 Å². The maximum absolute atomic E-state index is 12.8. The molecule has 0 atom stereocenters. The lowest BCUT2D eigenvalue weighted by Crippen LogP contribution is -2.32. The molecule has 0 saturated heterocycles. The summed E-state index contributed by atoms with van der Waals surface area (Å²) < 4.78 is 10.5. The number of hydrazone groups is 1. The van der Waals surface area contributed by atoms with Crippen molar-refractivity contribution in [1.29, 1.82) is 0 Å². The third-order valence-corrected chi connectivity index (χ3v) is 4.69. The van der Waals surface area contributed by atoms with E-state index in [9.17, 15) is 9.59 Å². The van der Waals surface area contributed by atoms with Gasteiger partial charge in [-0.15, -0.1) is 0 Å². The van der Waals surface area contributed by atoms with E-state index in [1.807, 2.05) is 42.5 Å². The van der Waals surface area contributed by atoms with Crippen LogP contribution in [0.5, 0.6) is 11.5 Å². The SMILES string of the molecule is COc1ccc(/C=N/NC(=O)/C(=C/C=C/c2ccccc2)NC(=O)c2ccccc2)c(OC)c1. The van der Waals surface area contributed by atoms with Crippen molar-refractivity contribution in [3.63, 3.8) is 0 Å². The Bertz CT molecular complexity index is 1200. The number of allylic oxidation sites excluding steroid dienone is 2. The highest BCUT2D eigenvalue weighted by Crippen LogP contribution is 2.23. The van der Waals surface area contributed by atoms with E-state index in [2.05, 4.69) is 15.8 Å². The Morgan fingerprint density at radius 3 is 2.26 bits per heavy atom. The van der Waals surface area contributed by atoms with Gasteiger partial charge < -0.3 is 14.8 Å². The summed E-state index contributed by atoms with van der Waals surface area (Å²) in [6.07, 6.45) is 6.48. The minimum Gasteiger partial charge on any atom is -0.497 e. The van der Waals surface area contributed by atoms with Crippen LogP contribution in [0, 0.1) is 0 Å². The summed E-state index contributed by atoms with van der Waals surface area (Å²) in [6.45, 7) is 0. The molecule has 0 spiro atoms. The van der Waals surface area contributed by atoms with Crippen LogP contribution in [-0.4, -0.2) is 32.2 Å². The topological polar surface area (TPSA) is 89.0 Å². The zero-order valence-corrected chi connectivity index (χ0v) is 18.9. The molecule has 2 N–H and O–H groups in total. The van der Waals surface area contributed by atoms with Crippen LogP contribution in [0.3, 0.4) is 0 Å². The van der Waals surface area contributed by atoms with E-state index >= 15 is 0 Å². The number of methoxy groups -OCH3 is 2. The highest BCUT2D eigenvalue weighted by Gasteiger charge is 2.13. The van der Waals surface area contributed by atoms with Gasteiger partial charge in [0.05, 0.1) is 20.4 Å². The molecule has 7 heteroatoms. The summed E-state index contributed by atoms with van der Waals surface area (Å²) in [5, 5.41) is 6.66. The molecule has 0 bridgehead atoms. The molecule has 0 heterocycles. The number of hydrogen-bond donors (Lipinski definition) is 2. The fourth-order valence-corrected chi connectivity index (χ4v) is 2.92. The first-order chi connectivity index (χ1) is 16.6. The number of nitrogens with zero attached hydrogens (tertiary/aromatic N) is 1. The first-order valence-electron chi connectivity index (χ1n) is 10.5. The molecule has 0 radical (unpaired) electrons. The van der Waals surface area contributed by atoms with Gasteiger partial charge in [-0.3, -0.25) is 9.59 Å². The van der Waals surface area contributed by atoms with Crippen LogP contribution in [0.1, 0.15) is 21.5 Å². The van der Waals surface area contributed by atoms with Crippen LogP contribution in [-0.2, 0) is 4.79 Å². The van der Waals surface area contributed by atoms with Crippen LogP contribution in [0.25, 0.3) is 6.08 Å². The summed E-state index contributed by atoms with van der Waals surface area (Å²) in [5.74, 6) is 0.190. The van der Waals surface area contributed by atoms with Crippen molar-refractivity contribution in [2.45, 2.75) is 0 Å². The van der Waals surface area contributed by atoms with Gasteiger partial charge in [0.25, 0.3) is 11.8 Å². The number of hydrogen-bond acceptors (Lipinski definition) is 5. The van der Waals surface area contributed by atoms with Crippen LogP contribution in [0.15, 0.2) is 102 Å². The molecule has 0 aromatic heterocycles. The van der Waals surface area contributed by atoms with Crippen LogP contribution >= 0.6 is 0 Å². The maximum Gasteiger partial charge on any atom is 0.287 e. The maximum atomic E-state index is 12.8. The molecule has 0 aliphatic rings. The van der Waals surface area contributed by atoms with Gasteiger partial charge >= 0.3 is 0 Å². The molecule has 0 saturated carbocycles. The molecule has 0 unspecified atom stereocenters. The van der Waals surface area contributed by atoms with Gasteiger partial charge in [0, 0.05) is 17.2 Å². The molecule has 7 nitrogen and oxygen atoms in total. The molecule has 172 valence electrons. The fraction of sp³-hybridized carbons (Fsp3) is 0.0741. The third kappa shape index (κ3) is 6.93. The number of nitrogens with one attached hydrogen (secondary N) is 2. The van der Waals surface area contributed by atoms with E-state index in [0.29, 0.717) is 22.6 Å². The first-order valence-corrected chi connectivity index (χ1v) is 10.5. The summed E-state index contributed by atoms with van der Waals surface area (Å²) in [5.41, 5.74) is 4.52. The number of carbonyl (C=O) groups is 2. The number of benzene rings is 3. The zero-order valence-electron chi connectivity index (χ0n) is 18.9. The van der Waals surface area contributed by atoms with E-state index in [-0.39, 0.29) is 5.70 Å². The van der Waals surface area contributed by atoms with Gasteiger partial charge in [0.1, 0.15) is 17.2 Å². The van der Waals surface area contributed by atoms with Gasteiger partial charge in [0.15, 0.2) is 0 Å². The van der Waals surface area contributed by atoms with Crippen molar-refractivity contribution in [3.8, 4) is 11.5 Å². The van der Waals surface area contributed by atoms with Crippen LogP contribution in [0.4, 0.5) is 0 Å². The molecule has 3 rings (SSSR count). The predicted molar refractivity (Wildman–Crippen MR) is 133 cm³/mol. The van der Waals surface area contributed by atoms with E-state index < -0.39 is 11.8 Å². The number of ether oxygens (including phenoxy) is 2. The minimum absolute atomic E-state index is 0.0416. The smallest absolute Gasteiger partial charge is 0.287 e. The summed E-state index contributed by atoms with van der Waals surface area (Å²) >= 11 is 0. The Morgan fingerprint density at radius 2 is 1.59 bits per heavy atom. The Morgan fingerprint density at radius 1 is 0.882 bits per heavy atom. The molecule has 34 heavy (non-hydrogen) atoms. The van der Waals surface area contributed by atoms with Gasteiger partial charge in [-0.05, 0) is 35.9 Å². The zero-order chi connectivity index (χ0) is 24.2. The molecule has 0 aliphatic heterocycles. The molecular weight excluding hydrogens is 430 g/mol. The van der Waals surface area contributed by atoms with Crippen molar-refractivity contribution >= 4 is 24.1 Å². The van der Waals surface area contributed by atoms with Gasteiger partial charge in [0.2, 0.25) is 0 Å². The lowest BCUT2D eigenvalue weighted by molar-refractivity contribution is -0.117. The lowest BCUT2D eigenvalue weighted by atomic mass is 10.2. The van der Waals surface area contributed by atoms with Crippen molar-refractivity contribution in [2.24, 2.45) is 5.10 Å². The highest BCUT2D eigenvalue weighted by molar-refractivity contribution is 6.03. The molecular formula is C27H25N3O4. The Balaban J connectivity index is 1.77. The molecule has 0 aliphatic carbocycles. The second kappa shape index (κ2) is 12.4. The quantitative estimate of drug-likeness (QED) is 0.219. The van der Waals surface area contributed by atoms with Crippen LogP contribution < -0.4 is 20.2 Å². The minimum atomic E-state index is -0.578. The van der Waals surface area contributed by atoms with Crippen molar-refractivity contribution in [2.75, 3.05) is 14.2 Å².